The summed E-state index contributed by atoms with van der Waals surface area (Å²) in [7, 11) is 0. The highest BCUT2D eigenvalue weighted by molar-refractivity contribution is 7.99. The lowest BCUT2D eigenvalue weighted by molar-refractivity contribution is -0.327. The second-order valence-electron chi connectivity index (χ2n) is 7.48. The zero-order valence-electron chi connectivity index (χ0n) is 17.1. The maximum atomic E-state index is 10.7. The monoisotopic (exact) mass is 502 g/mol. The van der Waals surface area contributed by atoms with E-state index in [1.807, 2.05) is 0 Å². The van der Waals surface area contributed by atoms with Crippen LogP contribution in [0, 0.1) is 0 Å². The van der Waals surface area contributed by atoms with E-state index in [0.29, 0.717) is 5.75 Å². The molecule has 0 saturated carbocycles. The minimum Gasteiger partial charge on any atom is -0.481 e. The first-order chi connectivity index (χ1) is 15.1. The maximum absolute atomic E-state index is 10.7. The average molecular weight is 503 g/mol. The molecule has 12 nitrogen and oxygen atoms in total. The first kappa shape index (κ1) is 27.6. The van der Waals surface area contributed by atoms with Crippen molar-refractivity contribution < 1.29 is 59.5 Å². The number of carboxylic acid groups (broad SMARTS) is 2. The van der Waals surface area contributed by atoms with Crippen LogP contribution in [0.3, 0.4) is 0 Å². The quantitative estimate of drug-likeness (QED) is 0.140. The van der Waals surface area contributed by atoms with Gasteiger partial charge in [-0.3, -0.25) is 9.59 Å². The fraction of sp³-hybridized carbons (Fsp3) is 0.889. The van der Waals surface area contributed by atoms with Gasteiger partial charge in [-0.05, 0) is 0 Å². The third-order valence-corrected chi connectivity index (χ3v) is 7.14. The molecule has 2 aliphatic heterocycles. The molecule has 7 N–H and O–H groups in total. The Bertz CT molecular complexity index is 611. The Labute approximate surface area is 192 Å². The van der Waals surface area contributed by atoms with Gasteiger partial charge in [-0.25, -0.2) is 0 Å². The topological polar surface area (TPSA) is 203 Å². The number of ether oxygens (including phenoxy) is 3. The SMILES string of the molecule is O=C(O)CCSCC1OC(OC2C(CSCCC(=O)O)OCC(O)C2O)C(O)C(O)C1O. The van der Waals surface area contributed by atoms with E-state index >= 15 is 0 Å². The number of hydrogen-bond acceptors (Lipinski definition) is 12. The highest BCUT2D eigenvalue weighted by Crippen LogP contribution is 2.29. The van der Waals surface area contributed by atoms with Crippen LogP contribution in [0.4, 0.5) is 0 Å². The standard InChI is InChI=1S/C18H30O12S2/c19-8-5-28-10(7-32-4-2-12(22)23)17(13(8)24)30-18-16(27)15(26)14(25)9(29-18)6-31-3-1-11(20)21/h8-10,13-19,24-27H,1-7H2,(H,20,21)(H,22,23). The molecule has 186 valence electrons. The minimum atomic E-state index is -1.66. The molecule has 9 atom stereocenters. The lowest BCUT2D eigenvalue weighted by atomic mass is 9.98. The zero-order chi connectivity index (χ0) is 23.8. The van der Waals surface area contributed by atoms with E-state index in [9.17, 15) is 35.1 Å². The van der Waals surface area contributed by atoms with Crippen molar-refractivity contribution in [2.45, 2.75) is 68.0 Å². The second kappa shape index (κ2) is 13.3. The molecule has 0 aromatic carbocycles. The predicted octanol–water partition coefficient (Wildman–Crippen LogP) is -2.28. The van der Waals surface area contributed by atoms with Gasteiger partial charge < -0.3 is 50.0 Å². The van der Waals surface area contributed by atoms with Crippen LogP contribution in [0.5, 0.6) is 0 Å². The van der Waals surface area contributed by atoms with Gasteiger partial charge in [0.2, 0.25) is 0 Å². The first-order valence-electron chi connectivity index (χ1n) is 10.0. The van der Waals surface area contributed by atoms with Crippen molar-refractivity contribution in [3.05, 3.63) is 0 Å². The Kier molecular flexibility index (Phi) is 11.4. The largest absolute Gasteiger partial charge is 0.481 e. The summed E-state index contributed by atoms with van der Waals surface area (Å²) in [6.07, 6.45) is -11.9. The van der Waals surface area contributed by atoms with Gasteiger partial charge in [0, 0.05) is 23.0 Å². The third-order valence-electron chi connectivity index (χ3n) is 5.02. The molecular formula is C18H30O12S2. The smallest absolute Gasteiger partial charge is 0.304 e. The molecule has 0 aliphatic carbocycles. The number of aliphatic hydroxyl groups is 5. The zero-order valence-corrected chi connectivity index (χ0v) is 18.8. The van der Waals surface area contributed by atoms with E-state index in [1.54, 1.807) is 0 Å². The number of carboxylic acids is 2. The fourth-order valence-corrected chi connectivity index (χ4v) is 5.20. The van der Waals surface area contributed by atoms with Crippen LogP contribution in [-0.2, 0) is 23.8 Å². The number of rotatable bonds is 12. The molecule has 2 saturated heterocycles. The van der Waals surface area contributed by atoms with Crippen molar-refractivity contribution in [2.75, 3.05) is 29.6 Å². The van der Waals surface area contributed by atoms with Crippen LogP contribution in [0.1, 0.15) is 12.8 Å². The van der Waals surface area contributed by atoms with Gasteiger partial charge in [0.1, 0.15) is 36.6 Å². The molecular weight excluding hydrogens is 472 g/mol. The van der Waals surface area contributed by atoms with E-state index in [1.165, 1.54) is 23.5 Å². The van der Waals surface area contributed by atoms with Crippen molar-refractivity contribution in [1.82, 2.24) is 0 Å². The molecule has 2 rings (SSSR count). The van der Waals surface area contributed by atoms with Gasteiger partial charge in [-0.15, -0.1) is 0 Å². The number of hydrogen-bond donors (Lipinski definition) is 7. The third kappa shape index (κ3) is 7.97. The summed E-state index contributed by atoms with van der Waals surface area (Å²) in [5, 5.41) is 68.5. The minimum absolute atomic E-state index is 0.0656. The molecule has 2 aliphatic rings. The van der Waals surface area contributed by atoms with E-state index in [4.69, 9.17) is 24.4 Å². The lowest BCUT2D eigenvalue weighted by Gasteiger charge is -2.44. The van der Waals surface area contributed by atoms with Crippen LogP contribution >= 0.6 is 23.5 Å². The number of aliphatic carboxylic acids is 2. The van der Waals surface area contributed by atoms with Crippen molar-refractivity contribution in [2.24, 2.45) is 0 Å². The van der Waals surface area contributed by atoms with Gasteiger partial charge in [0.05, 0.1) is 31.7 Å². The molecule has 0 aromatic heterocycles. The number of carbonyl (C=O) groups is 2. The van der Waals surface area contributed by atoms with Crippen LogP contribution in [-0.4, -0.2) is 132 Å². The van der Waals surface area contributed by atoms with Crippen LogP contribution < -0.4 is 0 Å². The van der Waals surface area contributed by atoms with Crippen LogP contribution in [0.2, 0.25) is 0 Å². The molecule has 0 radical (unpaired) electrons. The van der Waals surface area contributed by atoms with Gasteiger partial charge in [-0.1, -0.05) is 0 Å². The Morgan fingerprint density at radius 3 is 1.94 bits per heavy atom. The molecule has 0 aromatic rings. The molecule has 2 fully saturated rings. The summed E-state index contributed by atoms with van der Waals surface area (Å²) < 4.78 is 16.8. The van der Waals surface area contributed by atoms with Gasteiger partial charge in [0.15, 0.2) is 6.29 Å². The summed E-state index contributed by atoms with van der Waals surface area (Å²) in [5.41, 5.74) is 0. The lowest BCUT2D eigenvalue weighted by Crippen LogP contribution is -2.62. The van der Waals surface area contributed by atoms with Crippen molar-refractivity contribution in [3.63, 3.8) is 0 Å². The van der Waals surface area contributed by atoms with Crippen LogP contribution in [0.25, 0.3) is 0 Å². The summed E-state index contributed by atoms with van der Waals surface area (Å²) in [6, 6.07) is 0. The average Bonchev–Trinajstić information content (AvgIpc) is 2.73. The number of thioether (sulfide) groups is 2. The van der Waals surface area contributed by atoms with Gasteiger partial charge in [0.25, 0.3) is 0 Å². The summed E-state index contributed by atoms with van der Waals surface area (Å²) in [5.74, 6) is -1.02. The number of aliphatic hydroxyl groups excluding tert-OH is 5. The van der Waals surface area contributed by atoms with E-state index in [0.717, 1.165) is 0 Å². The molecule has 14 heteroatoms. The van der Waals surface area contributed by atoms with Gasteiger partial charge in [-0.2, -0.15) is 23.5 Å². The van der Waals surface area contributed by atoms with E-state index in [-0.39, 0.29) is 36.7 Å². The van der Waals surface area contributed by atoms with Crippen LogP contribution in [0.15, 0.2) is 0 Å². The Hall–Kier alpha value is -0.680. The predicted molar refractivity (Wildman–Crippen MR) is 112 cm³/mol. The fourth-order valence-electron chi connectivity index (χ4n) is 3.21. The van der Waals surface area contributed by atoms with Crippen molar-refractivity contribution in [3.8, 4) is 0 Å². The summed E-state index contributed by atoms with van der Waals surface area (Å²) in [6.45, 7) is -0.163. The van der Waals surface area contributed by atoms with Crippen molar-refractivity contribution in [1.29, 1.82) is 0 Å². The normalized spacial score (nSPS) is 37.8. The Morgan fingerprint density at radius 2 is 1.38 bits per heavy atom. The second-order valence-corrected chi connectivity index (χ2v) is 9.78. The first-order valence-corrected chi connectivity index (χ1v) is 12.3. The van der Waals surface area contributed by atoms with Gasteiger partial charge >= 0.3 is 11.9 Å². The maximum Gasteiger partial charge on any atom is 0.304 e. The summed E-state index contributed by atoms with van der Waals surface area (Å²) >= 11 is 2.43. The Morgan fingerprint density at radius 1 is 0.812 bits per heavy atom. The van der Waals surface area contributed by atoms with Crippen molar-refractivity contribution >= 4 is 35.5 Å². The highest BCUT2D eigenvalue weighted by atomic mass is 32.2. The summed E-state index contributed by atoms with van der Waals surface area (Å²) in [4.78, 5) is 21.3. The molecule has 2 heterocycles. The molecule has 32 heavy (non-hydrogen) atoms. The van der Waals surface area contributed by atoms with E-state index in [2.05, 4.69) is 0 Å². The molecule has 0 spiro atoms. The highest BCUT2D eigenvalue weighted by Gasteiger charge is 2.48. The molecule has 9 unspecified atom stereocenters. The van der Waals surface area contributed by atoms with E-state index < -0.39 is 67.1 Å². The molecule has 0 bridgehead atoms. The Balaban J connectivity index is 2.00. The molecule has 0 amide bonds.